The van der Waals surface area contributed by atoms with Crippen LogP contribution in [-0.4, -0.2) is 4.98 Å². The van der Waals surface area contributed by atoms with E-state index in [0.29, 0.717) is 0 Å². The van der Waals surface area contributed by atoms with Crippen molar-refractivity contribution in [2.75, 3.05) is 0 Å². The molecular weight excluding hydrogens is 287 g/mol. The van der Waals surface area contributed by atoms with Crippen LogP contribution in [0.1, 0.15) is 22.9 Å². The van der Waals surface area contributed by atoms with E-state index in [1.807, 2.05) is 37.3 Å². The van der Waals surface area contributed by atoms with Gasteiger partial charge in [0.05, 0.1) is 16.6 Å². The summed E-state index contributed by atoms with van der Waals surface area (Å²) in [5.74, 6) is -0.439. The lowest BCUT2D eigenvalue weighted by Gasteiger charge is -2.14. The fourth-order valence-electron chi connectivity index (χ4n) is 2.34. The maximum atomic E-state index is 13.2. The summed E-state index contributed by atoms with van der Waals surface area (Å²) in [7, 11) is 0. The Balaban J connectivity index is 2.02. The second-order valence-electron chi connectivity index (χ2n) is 5.06. The Hall–Kier alpha value is -1.97. The summed E-state index contributed by atoms with van der Waals surface area (Å²) in [6.07, 6.45) is 0. The molecule has 3 rings (SSSR count). The van der Waals surface area contributed by atoms with Crippen LogP contribution in [0.15, 0.2) is 48.5 Å². The Labute approximate surface area is 127 Å². The Bertz CT molecular complexity index is 817. The lowest BCUT2D eigenvalue weighted by atomic mass is 9.98. The van der Waals surface area contributed by atoms with Crippen molar-refractivity contribution in [1.29, 1.82) is 0 Å². The monoisotopic (exact) mass is 300 g/mol. The minimum atomic E-state index is -0.439. The van der Waals surface area contributed by atoms with E-state index in [9.17, 15) is 4.39 Å². The van der Waals surface area contributed by atoms with Gasteiger partial charge in [-0.2, -0.15) is 0 Å². The van der Waals surface area contributed by atoms with Gasteiger partial charge in [-0.3, -0.25) is 4.98 Å². The second-order valence-corrected chi connectivity index (χ2v) is 5.46. The number of fused-ring (bicyclic) bond motifs is 1. The molecule has 1 aromatic heterocycles. The van der Waals surface area contributed by atoms with Crippen molar-refractivity contribution in [3.05, 3.63) is 76.2 Å². The first-order chi connectivity index (χ1) is 10.0. The predicted molar refractivity (Wildman–Crippen MR) is 83.9 cm³/mol. The lowest BCUT2D eigenvalue weighted by Crippen LogP contribution is -2.12. The van der Waals surface area contributed by atoms with Gasteiger partial charge in [-0.05, 0) is 48.4 Å². The largest absolute Gasteiger partial charge is 0.320 e. The fraction of sp³-hybridized carbons (Fsp3) is 0.118. The van der Waals surface area contributed by atoms with Gasteiger partial charge in [0.2, 0.25) is 0 Å². The number of aromatic nitrogens is 1. The Morgan fingerprint density at radius 3 is 2.52 bits per heavy atom. The third-order valence-electron chi connectivity index (χ3n) is 3.51. The molecule has 2 aromatic carbocycles. The molecule has 21 heavy (non-hydrogen) atoms. The molecule has 2 nitrogen and oxygen atoms in total. The first-order valence-corrected chi connectivity index (χ1v) is 7.00. The van der Waals surface area contributed by atoms with Gasteiger partial charge in [0.25, 0.3) is 0 Å². The first kappa shape index (κ1) is 14.0. The summed E-state index contributed by atoms with van der Waals surface area (Å²) in [6, 6.07) is 14.1. The Morgan fingerprint density at radius 1 is 1.05 bits per heavy atom. The zero-order valence-electron chi connectivity index (χ0n) is 11.5. The maximum Gasteiger partial charge on any atom is 0.141 e. The average Bonchev–Trinajstić information content (AvgIpc) is 2.49. The molecule has 0 amide bonds. The van der Waals surface area contributed by atoms with E-state index >= 15 is 0 Å². The van der Waals surface area contributed by atoms with E-state index in [-0.39, 0.29) is 11.1 Å². The molecule has 0 aliphatic heterocycles. The van der Waals surface area contributed by atoms with Crippen molar-refractivity contribution in [3.8, 4) is 0 Å². The van der Waals surface area contributed by atoms with Gasteiger partial charge in [0.1, 0.15) is 5.82 Å². The Morgan fingerprint density at radius 2 is 1.76 bits per heavy atom. The SMILES string of the molecule is Cc1ccc2cc(C(N)c3ccc(F)c(Cl)c3)ccc2n1. The number of rotatable bonds is 2. The summed E-state index contributed by atoms with van der Waals surface area (Å²) in [4.78, 5) is 4.46. The van der Waals surface area contributed by atoms with Gasteiger partial charge in [0.15, 0.2) is 0 Å². The van der Waals surface area contributed by atoms with E-state index in [2.05, 4.69) is 4.98 Å². The van der Waals surface area contributed by atoms with Gasteiger partial charge in [-0.15, -0.1) is 0 Å². The predicted octanol–water partition coefficient (Wildman–Crippen LogP) is 4.38. The van der Waals surface area contributed by atoms with Gasteiger partial charge < -0.3 is 5.73 Å². The van der Waals surface area contributed by atoms with E-state index < -0.39 is 5.82 Å². The molecule has 0 saturated heterocycles. The highest BCUT2D eigenvalue weighted by molar-refractivity contribution is 6.30. The van der Waals surface area contributed by atoms with Crippen LogP contribution in [0.5, 0.6) is 0 Å². The lowest BCUT2D eigenvalue weighted by molar-refractivity contribution is 0.627. The molecule has 3 aromatic rings. The zero-order valence-corrected chi connectivity index (χ0v) is 12.2. The van der Waals surface area contributed by atoms with Gasteiger partial charge in [-0.25, -0.2) is 4.39 Å². The van der Waals surface area contributed by atoms with Crippen LogP contribution in [0.4, 0.5) is 4.39 Å². The first-order valence-electron chi connectivity index (χ1n) is 6.62. The van der Waals surface area contributed by atoms with Gasteiger partial charge >= 0.3 is 0 Å². The van der Waals surface area contributed by atoms with Crippen molar-refractivity contribution in [3.63, 3.8) is 0 Å². The minimum Gasteiger partial charge on any atom is -0.320 e. The van der Waals surface area contributed by atoms with Crippen LogP contribution >= 0.6 is 11.6 Å². The van der Waals surface area contributed by atoms with E-state index in [1.54, 1.807) is 12.1 Å². The molecule has 1 atom stereocenters. The molecule has 0 spiro atoms. The van der Waals surface area contributed by atoms with Crippen LogP contribution in [0.25, 0.3) is 10.9 Å². The highest BCUT2D eigenvalue weighted by atomic mass is 35.5. The van der Waals surface area contributed by atoms with Crippen LogP contribution in [0.2, 0.25) is 5.02 Å². The number of hydrogen-bond acceptors (Lipinski definition) is 2. The molecule has 0 aliphatic rings. The van der Waals surface area contributed by atoms with E-state index in [4.69, 9.17) is 17.3 Å². The molecule has 2 N–H and O–H groups in total. The number of nitrogens with zero attached hydrogens (tertiary/aromatic N) is 1. The van der Waals surface area contributed by atoms with Crippen molar-refractivity contribution in [1.82, 2.24) is 4.98 Å². The van der Waals surface area contributed by atoms with Gasteiger partial charge in [0, 0.05) is 11.1 Å². The summed E-state index contributed by atoms with van der Waals surface area (Å²) >= 11 is 5.82. The molecule has 0 saturated carbocycles. The topological polar surface area (TPSA) is 38.9 Å². The van der Waals surface area contributed by atoms with E-state index in [1.165, 1.54) is 6.07 Å². The fourth-order valence-corrected chi connectivity index (χ4v) is 2.53. The van der Waals surface area contributed by atoms with Crippen molar-refractivity contribution >= 4 is 22.5 Å². The molecule has 0 aliphatic carbocycles. The number of hydrogen-bond donors (Lipinski definition) is 1. The highest BCUT2D eigenvalue weighted by Gasteiger charge is 2.12. The van der Waals surface area contributed by atoms with Crippen LogP contribution in [0, 0.1) is 12.7 Å². The molecule has 0 fully saturated rings. The molecule has 1 unspecified atom stereocenters. The second kappa shape index (κ2) is 5.43. The van der Waals surface area contributed by atoms with Crippen LogP contribution in [0.3, 0.4) is 0 Å². The average molecular weight is 301 g/mol. The number of aryl methyl sites for hydroxylation is 1. The number of nitrogens with two attached hydrogens (primary N) is 1. The summed E-state index contributed by atoms with van der Waals surface area (Å²) < 4.78 is 13.2. The third-order valence-corrected chi connectivity index (χ3v) is 3.80. The maximum absolute atomic E-state index is 13.2. The zero-order chi connectivity index (χ0) is 15.0. The number of halogens is 2. The normalized spacial score (nSPS) is 12.6. The van der Waals surface area contributed by atoms with Crippen LogP contribution in [-0.2, 0) is 0 Å². The number of pyridine rings is 1. The summed E-state index contributed by atoms with van der Waals surface area (Å²) in [6.45, 7) is 1.96. The highest BCUT2D eigenvalue weighted by Crippen LogP contribution is 2.26. The number of benzene rings is 2. The van der Waals surface area contributed by atoms with Crippen molar-refractivity contribution < 1.29 is 4.39 Å². The third kappa shape index (κ3) is 2.75. The molecule has 0 bridgehead atoms. The van der Waals surface area contributed by atoms with Crippen molar-refractivity contribution in [2.45, 2.75) is 13.0 Å². The molecule has 0 radical (unpaired) electrons. The Kier molecular flexibility index (Phi) is 3.62. The van der Waals surface area contributed by atoms with E-state index in [0.717, 1.165) is 27.7 Å². The molecule has 1 heterocycles. The summed E-state index contributed by atoms with van der Waals surface area (Å²) in [5.41, 5.74) is 9.88. The minimum absolute atomic E-state index is 0.0843. The van der Waals surface area contributed by atoms with Crippen LogP contribution < -0.4 is 5.73 Å². The molecular formula is C17H14ClFN2. The molecule has 4 heteroatoms. The standard InChI is InChI=1S/C17H14ClFN2/c1-10-2-3-11-8-12(5-7-16(11)21-10)17(20)13-4-6-15(19)14(18)9-13/h2-9,17H,20H2,1H3. The summed E-state index contributed by atoms with van der Waals surface area (Å²) in [5, 5.41) is 1.11. The molecule has 106 valence electrons. The quantitative estimate of drug-likeness (QED) is 0.762. The van der Waals surface area contributed by atoms with Gasteiger partial charge in [-0.1, -0.05) is 29.8 Å². The van der Waals surface area contributed by atoms with Crippen molar-refractivity contribution in [2.24, 2.45) is 5.73 Å². The smallest absolute Gasteiger partial charge is 0.141 e.